The van der Waals surface area contributed by atoms with Crippen LogP contribution in [0.15, 0.2) is 71.6 Å². The van der Waals surface area contributed by atoms with Crippen molar-refractivity contribution in [3.8, 4) is 0 Å². The zero-order valence-electron chi connectivity index (χ0n) is 12.7. The fourth-order valence-corrected chi connectivity index (χ4v) is 2.37. The van der Waals surface area contributed by atoms with Crippen LogP contribution in [-0.2, 0) is 6.54 Å². The summed E-state index contributed by atoms with van der Waals surface area (Å²) in [5.74, 6) is -0.216. The Kier molecular flexibility index (Phi) is 5.18. The third kappa shape index (κ3) is 4.39. The third-order valence-electron chi connectivity index (χ3n) is 3.33. The smallest absolute Gasteiger partial charge is 0.270 e. The molecule has 0 aliphatic heterocycles. The lowest BCUT2D eigenvalue weighted by atomic mass is 10.2. The van der Waals surface area contributed by atoms with Crippen molar-refractivity contribution >= 4 is 33.2 Å². The summed E-state index contributed by atoms with van der Waals surface area (Å²) in [6.07, 6.45) is 5.01. The fraction of sp³-hybridized carbons (Fsp3) is 0.0556. The molecule has 0 atom stereocenters. The Morgan fingerprint density at radius 2 is 1.71 bits per heavy atom. The Hall–Kier alpha value is -2.73. The van der Waals surface area contributed by atoms with Crippen LogP contribution in [0, 0.1) is 0 Å². The van der Waals surface area contributed by atoms with Gasteiger partial charge in [0.15, 0.2) is 0 Å². The number of carbonyl (C=O) groups excluding carboxylic acids is 1. The van der Waals surface area contributed by atoms with E-state index in [-0.39, 0.29) is 5.91 Å². The van der Waals surface area contributed by atoms with Gasteiger partial charge in [-0.3, -0.25) is 14.8 Å². The van der Waals surface area contributed by atoms with Crippen molar-refractivity contribution in [1.29, 1.82) is 0 Å². The Morgan fingerprint density at radius 3 is 2.46 bits per heavy atom. The molecule has 0 aliphatic carbocycles. The largest absolute Gasteiger partial charge is 0.355 e. The highest BCUT2D eigenvalue weighted by Crippen LogP contribution is 2.19. The second-order valence-corrected chi connectivity index (χ2v) is 6.02. The maximum absolute atomic E-state index is 12.2. The fourth-order valence-electron chi connectivity index (χ4n) is 2.11. The summed E-state index contributed by atoms with van der Waals surface area (Å²) in [4.78, 5) is 20.3. The Morgan fingerprint density at radius 1 is 0.958 bits per heavy atom. The number of anilines is 2. The van der Waals surface area contributed by atoms with Crippen molar-refractivity contribution in [2.75, 3.05) is 5.32 Å². The lowest BCUT2D eigenvalue weighted by Gasteiger charge is -2.09. The summed E-state index contributed by atoms with van der Waals surface area (Å²) < 4.78 is 1.01. The molecule has 1 amide bonds. The molecular weight excluding hydrogens is 368 g/mol. The van der Waals surface area contributed by atoms with E-state index in [4.69, 9.17) is 0 Å². The standard InChI is InChI=1S/C18H15BrN4O/c19-14-1-3-15(4-2-14)23-16-7-10-21-17(11-16)18(24)22-12-13-5-8-20-9-6-13/h1-11H,12H2,(H,21,23)(H,22,24). The number of halogens is 1. The van der Waals surface area contributed by atoms with Gasteiger partial charge in [0.05, 0.1) is 0 Å². The predicted octanol–water partition coefficient (Wildman–Crippen LogP) is 3.91. The normalized spacial score (nSPS) is 10.2. The average molecular weight is 383 g/mol. The molecule has 0 radical (unpaired) electrons. The van der Waals surface area contributed by atoms with Gasteiger partial charge < -0.3 is 10.6 Å². The van der Waals surface area contributed by atoms with Gasteiger partial charge in [-0.15, -0.1) is 0 Å². The van der Waals surface area contributed by atoms with E-state index in [0.717, 1.165) is 21.4 Å². The molecular formula is C18H15BrN4O. The van der Waals surface area contributed by atoms with E-state index in [2.05, 4.69) is 36.5 Å². The van der Waals surface area contributed by atoms with Gasteiger partial charge in [0.2, 0.25) is 0 Å². The van der Waals surface area contributed by atoms with Gasteiger partial charge in [0, 0.05) is 41.0 Å². The zero-order valence-corrected chi connectivity index (χ0v) is 14.3. The van der Waals surface area contributed by atoms with E-state index in [9.17, 15) is 4.79 Å². The van der Waals surface area contributed by atoms with E-state index in [1.54, 1.807) is 24.7 Å². The van der Waals surface area contributed by atoms with Crippen LogP contribution in [0.3, 0.4) is 0 Å². The van der Waals surface area contributed by atoms with Crippen LogP contribution < -0.4 is 10.6 Å². The molecule has 24 heavy (non-hydrogen) atoms. The molecule has 2 aromatic heterocycles. The number of pyridine rings is 2. The van der Waals surface area contributed by atoms with E-state index < -0.39 is 0 Å². The van der Waals surface area contributed by atoms with Crippen molar-refractivity contribution in [3.63, 3.8) is 0 Å². The summed E-state index contributed by atoms with van der Waals surface area (Å²) in [5.41, 5.74) is 3.10. The highest BCUT2D eigenvalue weighted by atomic mass is 79.9. The second kappa shape index (κ2) is 7.70. The van der Waals surface area contributed by atoms with Gasteiger partial charge in [-0.05, 0) is 54.1 Å². The summed E-state index contributed by atoms with van der Waals surface area (Å²) in [6.45, 7) is 0.438. The van der Waals surface area contributed by atoms with Crippen molar-refractivity contribution in [2.24, 2.45) is 0 Å². The number of aromatic nitrogens is 2. The van der Waals surface area contributed by atoms with Crippen LogP contribution >= 0.6 is 15.9 Å². The molecule has 2 heterocycles. The van der Waals surface area contributed by atoms with Gasteiger partial charge in [0.1, 0.15) is 5.69 Å². The first-order chi connectivity index (χ1) is 11.7. The molecule has 5 nitrogen and oxygen atoms in total. The number of rotatable bonds is 5. The van der Waals surface area contributed by atoms with Crippen molar-refractivity contribution in [2.45, 2.75) is 6.54 Å². The first-order valence-corrected chi connectivity index (χ1v) is 8.16. The van der Waals surface area contributed by atoms with Crippen LogP contribution in [0.4, 0.5) is 11.4 Å². The Balaban J connectivity index is 1.65. The summed E-state index contributed by atoms with van der Waals surface area (Å²) in [6, 6.07) is 15.1. The summed E-state index contributed by atoms with van der Waals surface area (Å²) >= 11 is 3.40. The zero-order chi connectivity index (χ0) is 16.8. The highest BCUT2D eigenvalue weighted by Gasteiger charge is 2.08. The van der Waals surface area contributed by atoms with Crippen LogP contribution in [0.5, 0.6) is 0 Å². The van der Waals surface area contributed by atoms with Crippen LogP contribution in [0.2, 0.25) is 0 Å². The molecule has 0 saturated heterocycles. The molecule has 2 N–H and O–H groups in total. The van der Waals surface area contributed by atoms with E-state index in [1.807, 2.05) is 42.5 Å². The summed E-state index contributed by atoms with van der Waals surface area (Å²) in [5, 5.41) is 6.10. The molecule has 0 bridgehead atoms. The monoisotopic (exact) mass is 382 g/mol. The second-order valence-electron chi connectivity index (χ2n) is 5.10. The lowest BCUT2D eigenvalue weighted by Crippen LogP contribution is -2.23. The first kappa shape index (κ1) is 16.1. The minimum atomic E-state index is -0.216. The molecule has 3 rings (SSSR count). The first-order valence-electron chi connectivity index (χ1n) is 7.36. The molecule has 0 spiro atoms. The molecule has 3 aromatic rings. The van der Waals surface area contributed by atoms with E-state index >= 15 is 0 Å². The number of nitrogens with zero attached hydrogens (tertiary/aromatic N) is 2. The topological polar surface area (TPSA) is 66.9 Å². The molecule has 1 aromatic carbocycles. The molecule has 0 saturated carbocycles. The van der Waals surface area contributed by atoms with Gasteiger partial charge in [0.25, 0.3) is 5.91 Å². The average Bonchev–Trinajstić information content (AvgIpc) is 2.63. The number of benzene rings is 1. The van der Waals surface area contributed by atoms with Gasteiger partial charge >= 0.3 is 0 Å². The number of carbonyl (C=O) groups is 1. The van der Waals surface area contributed by atoms with Gasteiger partial charge in [-0.25, -0.2) is 0 Å². The van der Waals surface area contributed by atoms with Crippen LogP contribution in [0.25, 0.3) is 0 Å². The molecule has 0 unspecified atom stereocenters. The molecule has 0 fully saturated rings. The number of hydrogen-bond donors (Lipinski definition) is 2. The maximum Gasteiger partial charge on any atom is 0.270 e. The Labute approximate surface area is 148 Å². The number of hydrogen-bond acceptors (Lipinski definition) is 4. The number of amides is 1. The molecule has 0 aliphatic rings. The van der Waals surface area contributed by atoms with Crippen LogP contribution in [-0.4, -0.2) is 15.9 Å². The van der Waals surface area contributed by atoms with Crippen molar-refractivity contribution in [1.82, 2.24) is 15.3 Å². The number of nitrogens with one attached hydrogen (secondary N) is 2. The highest BCUT2D eigenvalue weighted by molar-refractivity contribution is 9.10. The third-order valence-corrected chi connectivity index (χ3v) is 3.86. The molecule has 6 heteroatoms. The predicted molar refractivity (Wildman–Crippen MR) is 97.1 cm³/mol. The van der Waals surface area contributed by atoms with Gasteiger partial charge in [-0.2, -0.15) is 0 Å². The van der Waals surface area contributed by atoms with Crippen molar-refractivity contribution < 1.29 is 4.79 Å². The van der Waals surface area contributed by atoms with E-state index in [0.29, 0.717) is 12.2 Å². The lowest BCUT2D eigenvalue weighted by molar-refractivity contribution is 0.0946. The quantitative estimate of drug-likeness (QED) is 0.701. The van der Waals surface area contributed by atoms with Gasteiger partial charge in [-0.1, -0.05) is 15.9 Å². The summed E-state index contributed by atoms with van der Waals surface area (Å²) in [7, 11) is 0. The van der Waals surface area contributed by atoms with E-state index in [1.165, 1.54) is 0 Å². The minimum absolute atomic E-state index is 0.216. The minimum Gasteiger partial charge on any atom is -0.355 e. The van der Waals surface area contributed by atoms with Crippen LogP contribution in [0.1, 0.15) is 16.1 Å². The Bertz CT molecular complexity index is 822. The molecule has 120 valence electrons. The SMILES string of the molecule is O=C(NCc1ccncc1)c1cc(Nc2ccc(Br)cc2)ccn1. The maximum atomic E-state index is 12.2. The van der Waals surface area contributed by atoms with Crippen molar-refractivity contribution in [3.05, 3.63) is 82.9 Å².